The molecule has 0 aromatic heterocycles. The Morgan fingerprint density at radius 2 is 1.43 bits per heavy atom. The summed E-state index contributed by atoms with van der Waals surface area (Å²) < 4.78 is 34.2. The predicted octanol–water partition coefficient (Wildman–Crippen LogP) is 5.84. The molecule has 4 rings (SSSR count). The number of carbonyl (C=O) groups excluding carboxylic acids is 1. The molecule has 0 unspecified atom stereocenters. The molecule has 40 heavy (non-hydrogen) atoms. The second kappa shape index (κ2) is 12.6. The summed E-state index contributed by atoms with van der Waals surface area (Å²) in [6, 6.07) is 27.5. The molecule has 0 aliphatic carbocycles. The molecule has 4 aromatic carbocycles. The number of anilines is 1. The molecular weight excluding hydrogens is 522 g/mol. The molecule has 0 saturated carbocycles. The number of rotatable bonds is 10. The third-order valence-corrected chi connectivity index (χ3v) is 8.11. The van der Waals surface area contributed by atoms with Crippen LogP contribution in [-0.4, -0.2) is 27.1 Å². The number of nitrogens with zero attached hydrogens (tertiary/aromatic N) is 2. The molecule has 0 aliphatic heterocycles. The minimum absolute atomic E-state index is 0.111. The number of sulfonamides is 1. The van der Waals surface area contributed by atoms with Gasteiger partial charge < -0.3 is 4.74 Å². The van der Waals surface area contributed by atoms with Crippen molar-refractivity contribution in [2.45, 2.75) is 39.2 Å². The highest BCUT2D eigenvalue weighted by Crippen LogP contribution is 2.28. The van der Waals surface area contributed by atoms with Gasteiger partial charge in [0.2, 0.25) is 0 Å². The Balaban J connectivity index is 1.43. The number of nitrogens with one attached hydrogen (secondary N) is 1. The van der Waals surface area contributed by atoms with Gasteiger partial charge in [-0.1, -0.05) is 59.7 Å². The summed E-state index contributed by atoms with van der Waals surface area (Å²) in [6.45, 7) is 7.66. The van der Waals surface area contributed by atoms with Gasteiger partial charge in [0.1, 0.15) is 18.9 Å². The van der Waals surface area contributed by atoms with Crippen molar-refractivity contribution < 1.29 is 17.9 Å². The smallest absolute Gasteiger partial charge is 0.264 e. The molecule has 1 N–H and O–H groups in total. The molecule has 0 radical (unpaired) electrons. The highest BCUT2D eigenvalue weighted by molar-refractivity contribution is 7.92. The van der Waals surface area contributed by atoms with Gasteiger partial charge in [0.15, 0.2) is 0 Å². The van der Waals surface area contributed by atoms with Crippen LogP contribution in [0.15, 0.2) is 101 Å². The van der Waals surface area contributed by atoms with E-state index in [1.165, 1.54) is 11.8 Å². The molecule has 0 saturated heterocycles. The van der Waals surface area contributed by atoms with Crippen molar-refractivity contribution in [2.75, 3.05) is 10.8 Å². The molecule has 0 bridgehead atoms. The van der Waals surface area contributed by atoms with Gasteiger partial charge in [-0.2, -0.15) is 5.10 Å². The molecule has 8 heteroatoms. The minimum Gasteiger partial charge on any atom is -0.489 e. The molecule has 0 aliphatic rings. The Kier molecular flexibility index (Phi) is 9.01. The Morgan fingerprint density at radius 3 is 2.08 bits per heavy atom. The first-order valence-corrected chi connectivity index (χ1v) is 14.3. The van der Waals surface area contributed by atoms with Gasteiger partial charge >= 0.3 is 0 Å². The van der Waals surface area contributed by atoms with Crippen LogP contribution in [0, 0.1) is 27.7 Å². The van der Waals surface area contributed by atoms with Crippen LogP contribution in [-0.2, 0) is 21.4 Å². The largest absolute Gasteiger partial charge is 0.489 e. The fourth-order valence-electron chi connectivity index (χ4n) is 3.97. The van der Waals surface area contributed by atoms with E-state index in [0.29, 0.717) is 18.0 Å². The number of benzene rings is 4. The maximum atomic E-state index is 13.6. The highest BCUT2D eigenvalue weighted by atomic mass is 32.2. The molecule has 1 amide bonds. The van der Waals surface area contributed by atoms with E-state index in [0.717, 1.165) is 32.1 Å². The number of ether oxygens (including phenoxy) is 1. The first kappa shape index (κ1) is 28.6. The number of hydrogen-bond donors (Lipinski definition) is 1. The van der Waals surface area contributed by atoms with Crippen molar-refractivity contribution in [1.29, 1.82) is 0 Å². The molecule has 0 atom stereocenters. The minimum atomic E-state index is -4.01. The summed E-state index contributed by atoms with van der Waals surface area (Å²) in [5, 5.41) is 4.04. The van der Waals surface area contributed by atoms with Crippen LogP contribution in [0.25, 0.3) is 0 Å². The van der Waals surface area contributed by atoms with Gasteiger partial charge in [0.05, 0.1) is 16.8 Å². The summed E-state index contributed by atoms with van der Waals surface area (Å²) in [6.07, 6.45) is 1.50. The lowest BCUT2D eigenvalue weighted by Gasteiger charge is -2.25. The third-order valence-electron chi connectivity index (χ3n) is 6.34. The second-order valence-electron chi connectivity index (χ2n) is 9.75. The zero-order chi connectivity index (χ0) is 28.7. The lowest BCUT2D eigenvalue weighted by Crippen LogP contribution is -2.40. The van der Waals surface area contributed by atoms with E-state index < -0.39 is 22.5 Å². The number of hydrogen-bond acceptors (Lipinski definition) is 5. The second-order valence-corrected chi connectivity index (χ2v) is 11.6. The van der Waals surface area contributed by atoms with Crippen LogP contribution in [0.1, 0.15) is 33.4 Å². The lowest BCUT2D eigenvalue weighted by molar-refractivity contribution is -0.119. The van der Waals surface area contributed by atoms with Crippen molar-refractivity contribution in [3.8, 4) is 5.75 Å². The summed E-state index contributed by atoms with van der Waals surface area (Å²) in [5.41, 5.74) is 8.50. The van der Waals surface area contributed by atoms with Crippen molar-refractivity contribution in [3.63, 3.8) is 0 Å². The summed E-state index contributed by atoms with van der Waals surface area (Å²) in [4.78, 5) is 13.0. The highest BCUT2D eigenvalue weighted by Gasteiger charge is 2.28. The van der Waals surface area contributed by atoms with E-state index in [1.807, 2.05) is 88.4 Å². The van der Waals surface area contributed by atoms with Crippen LogP contribution >= 0.6 is 0 Å². The van der Waals surface area contributed by atoms with Crippen LogP contribution in [0.5, 0.6) is 5.75 Å². The van der Waals surface area contributed by atoms with E-state index in [4.69, 9.17) is 4.74 Å². The fourth-order valence-corrected chi connectivity index (χ4v) is 5.45. The Morgan fingerprint density at radius 1 is 0.825 bits per heavy atom. The van der Waals surface area contributed by atoms with E-state index in [1.54, 1.807) is 30.3 Å². The average Bonchev–Trinajstić information content (AvgIpc) is 2.94. The molecule has 0 heterocycles. The molecular formula is C32H33N3O4S. The lowest BCUT2D eigenvalue weighted by atomic mass is 10.1. The maximum Gasteiger partial charge on any atom is 0.264 e. The zero-order valence-corrected chi connectivity index (χ0v) is 23.9. The van der Waals surface area contributed by atoms with Gasteiger partial charge in [-0.25, -0.2) is 13.8 Å². The summed E-state index contributed by atoms with van der Waals surface area (Å²) >= 11 is 0. The molecule has 0 fully saturated rings. The van der Waals surface area contributed by atoms with Gasteiger partial charge in [-0.15, -0.1) is 0 Å². The van der Waals surface area contributed by atoms with Gasteiger partial charge in [0, 0.05) is 0 Å². The number of carbonyl (C=O) groups is 1. The topological polar surface area (TPSA) is 88.1 Å². The summed E-state index contributed by atoms with van der Waals surface area (Å²) in [7, 11) is -4.01. The van der Waals surface area contributed by atoms with E-state index in [9.17, 15) is 13.2 Å². The van der Waals surface area contributed by atoms with Crippen molar-refractivity contribution in [1.82, 2.24) is 5.43 Å². The Hall–Kier alpha value is -4.43. The number of aryl methyl sites for hydroxylation is 4. The maximum absolute atomic E-state index is 13.6. The first-order chi connectivity index (χ1) is 19.1. The predicted molar refractivity (Wildman–Crippen MR) is 159 cm³/mol. The molecule has 4 aromatic rings. The van der Waals surface area contributed by atoms with E-state index >= 15 is 0 Å². The van der Waals surface area contributed by atoms with Crippen molar-refractivity contribution in [3.05, 3.63) is 124 Å². The van der Waals surface area contributed by atoms with E-state index in [-0.39, 0.29) is 4.90 Å². The van der Waals surface area contributed by atoms with E-state index in [2.05, 4.69) is 10.5 Å². The van der Waals surface area contributed by atoms with Crippen molar-refractivity contribution >= 4 is 27.8 Å². The van der Waals surface area contributed by atoms with Crippen molar-refractivity contribution in [2.24, 2.45) is 5.10 Å². The standard InChI is InChI=1S/C32H33N3O4S/c1-23-6-11-28(12-7-23)22-39-29-15-13-27(14-16-29)20-33-34-32(36)21-35(31-19-25(3)5-10-26(31)4)40(37,38)30-17-8-24(2)9-18-30/h5-20H,21-22H2,1-4H3,(H,34,36)/b33-20-. The Labute approximate surface area is 236 Å². The van der Waals surface area contributed by atoms with Gasteiger partial charge in [-0.3, -0.25) is 9.10 Å². The van der Waals surface area contributed by atoms with Gasteiger partial charge in [-0.05, 0) is 92.4 Å². The number of amides is 1. The molecule has 0 spiro atoms. The van der Waals surface area contributed by atoms with Crippen LogP contribution in [0.4, 0.5) is 5.69 Å². The van der Waals surface area contributed by atoms with Gasteiger partial charge in [0.25, 0.3) is 15.9 Å². The Bertz CT molecular complexity index is 1600. The third kappa shape index (κ3) is 7.36. The molecule has 206 valence electrons. The quantitative estimate of drug-likeness (QED) is 0.197. The normalized spacial score (nSPS) is 11.4. The zero-order valence-electron chi connectivity index (χ0n) is 23.1. The SMILES string of the molecule is Cc1ccc(COc2ccc(/C=N\NC(=O)CN(c3cc(C)ccc3C)S(=O)(=O)c3ccc(C)cc3)cc2)cc1. The monoisotopic (exact) mass is 555 g/mol. The first-order valence-electron chi connectivity index (χ1n) is 12.9. The fraction of sp³-hybridized carbons (Fsp3) is 0.188. The summed E-state index contributed by atoms with van der Waals surface area (Å²) in [5.74, 6) is 0.151. The molecule has 7 nitrogen and oxygen atoms in total. The average molecular weight is 556 g/mol. The number of hydrazone groups is 1. The van der Waals surface area contributed by atoms with Crippen LogP contribution in [0.3, 0.4) is 0 Å². The van der Waals surface area contributed by atoms with Crippen LogP contribution in [0.2, 0.25) is 0 Å². The van der Waals surface area contributed by atoms with Crippen LogP contribution < -0.4 is 14.5 Å².